The Hall–Kier alpha value is -3.75. The third-order valence-corrected chi connectivity index (χ3v) is 6.03. The Bertz CT molecular complexity index is 1490. The molecule has 2 heterocycles. The first-order valence-electron chi connectivity index (χ1n) is 10.6. The van der Waals surface area contributed by atoms with Crippen LogP contribution in [0.2, 0.25) is 5.02 Å². The van der Waals surface area contributed by atoms with Crippen LogP contribution in [0.5, 0.6) is 11.8 Å². The fraction of sp³-hybridized carbons (Fsp3) is 0.0769. The van der Waals surface area contributed by atoms with Gasteiger partial charge in [-0.3, -0.25) is 0 Å². The minimum atomic E-state index is 0.431. The molecule has 0 amide bonds. The summed E-state index contributed by atoms with van der Waals surface area (Å²) in [6, 6.07) is 22.8. The SMILES string of the molecule is COc1cc(OC)nc(-c2ccc(Nc3nc(-c4ccc(Br)cc4)nc4cc(Cl)ccc34)cc2)n1. The maximum absolute atomic E-state index is 6.25. The van der Waals surface area contributed by atoms with E-state index in [1.807, 2.05) is 66.7 Å². The minimum absolute atomic E-state index is 0.431. The van der Waals surface area contributed by atoms with E-state index in [0.717, 1.165) is 32.2 Å². The van der Waals surface area contributed by atoms with Crippen molar-refractivity contribution in [3.63, 3.8) is 0 Å². The molecule has 0 saturated carbocycles. The van der Waals surface area contributed by atoms with Crippen LogP contribution in [0.3, 0.4) is 0 Å². The number of methoxy groups -OCH3 is 2. The van der Waals surface area contributed by atoms with Crippen LogP contribution in [-0.2, 0) is 0 Å². The van der Waals surface area contributed by atoms with Crippen molar-refractivity contribution in [1.29, 1.82) is 0 Å². The van der Waals surface area contributed by atoms with Crippen LogP contribution in [0.25, 0.3) is 33.7 Å². The van der Waals surface area contributed by atoms with Gasteiger partial charge >= 0.3 is 0 Å². The molecule has 5 aromatic rings. The van der Waals surface area contributed by atoms with E-state index >= 15 is 0 Å². The van der Waals surface area contributed by atoms with Crippen molar-refractivity contribution in [1.82, 2.24) is 19.9 Å². The number of halogens is 2. The zero-order valence-corrected chi connectivity index (χ0v) is 21.1. The first-order chi connectivity index (χ1) is 17.0. The lowest BCUT2D eigenvalue weighted by Crippen LogP contribution is -2.00. The van der Waals surface area contributed by atoms with Crippen LogP contribution < -0.4 is 14.8 Å². The Labute approximate surface area is 215 Å². The normalized spacial score (nSPS) is 10.9. The average Bonchev–Trinajstić information content (AvgIpc) is 2.88. The number of hydrogen-bond donors (Lipinski definition) is 1. The Balaban J connectivity index is 1.51. The lowest BCUT2D eigenvalue weighted by molar-refractivity contribution is 0.372. The molecule has 0 radical (unpaired) electrons. The van der Waals surface area contributed by atoms with Gasteiger partial charge in [0.1, 0.15) is 5.82 Å². The third kappa shape index (κ3) is 5.03. The molecule has 0 saturated heterocycles. The number of benzene rings is 3. The standard InChI is InChI=1S/C26H19BrClN5O2/c1-34-22-14-23(35-2)32-25(31-22)16-5-10-19(11-6-16)29-26-20-12-9-18(28)13-21(20)30-24(33-26)15-3-7-17(27)8-4-15/h3-14H,1-2H3,(H,29,30,33). The van der Waals surface area contributed by atoms with Crippen molar-refractivity contribution in [2.75, 3.05) is 19.5 Å². The summed E-state index contributed by atoms with van der Waals surface area (Å²) in [7, 11) is 3.11. The highest BCUT2D eigenvalue weighted by Crippen LogP contribution is 2.30. The maximum atomic E-state index is 6.25. The molecule has 5 rings (SSSR count). The van der Waals surface area contributed by atoms with E-state index in [4.69, 9.17) is 31.0 Å². The zero-order chi connectivity index (χ0) is 24.4. The number of ether oxygens (including phenoxy) is 2. The molecule has 0 aliphatic heterocycles. The minimum Gasteiger partial charge on any atom is -0.481 e. The predicted octanol–water partition coefficient (Wildman–Crippen LogP) is 6.93. The second-order valence-corrected chi connectivity index (χ2v) is 8.89. The number of nitrogens with zero attached hydrogens (tertiary/aromatic N) is 4. The second kappa shape index (κ2) is 9.85. The Morgan fingerprint density at radius 1 is 0.714 bits per heavy atom. The van der Waals surface area contributed by atoms with Gasteiger partial charge in [0.25, 0.3) is 0 Å². The quantitative estimate of drug-likeness (QED) is 0.246. The molecule has 0 unspecified atom stereocenters. The van der Waals surface area contributed by atoms with E-state index < -0.39 is 0 Å². The number of nitrogens with one attached hydrogen (secondary N) is 1. The summed E-state index contributed by atoms with van der Waals surface area (Å²) in [5, 5.41) is 4.89. The molecular weight excluding hydrogens is 530 g/mol. The van der Waals surface area contributed by atoms with E-state index in [1.165, 1.54) is 0 Å². The van der Waals surface area contributed by atoms with Gasteiger partial charge in [0.2, 0.25) is 11.8 Å². The van der Waals surface area contributed by atoms with Crippen molar-refractivity contribution < 1.29 is 9.47 Å². The van der Waals surface area contributed by atoms with Gasteiger partial charge in [0.05, 0.1) is 25.8 Å². The summed E-state index contributed by atoms with van der Waals surface area (Å²) < 4.78 is 11.5. The summed E-state index contributed by atoms with van der Waals surface area (Å²) >= 11 is 9.72. The molecule has 174 valence electrons. The Morgan fingerprint density at radius 2 is 1.31 bits per heavy atom. The van der Waals surface area contributed by atoms with Gasteiger partial charge in [-0.25, -0.2) is 9.97 Å². The molecule has 0 aliphatic rings. The van der Waals surface area contributed by atoms with Crippen LogP contribution in [0, 0.1) is 0 Å². The molecule has 0 aliphatic carbocycles. The van der Waals surface area contributed by atoms with Crippen molar-refractivity contribution in [3.05, 3.63) is 82.3 Å². The first-order valence-corrected chi connectivity index (χ1v) is 11.8. The van der Waals surface area contributed by atoms with Gasteiger partial charge < -0.3 is 14.8 Å². The van der Waals surface area contributed by atoms with E-state index in [1.54, 1.807) is 20.3 Å². The van der Waals surface area contributed by atoms with Gasteiger partial charge in [-0.15, -0.1) is 0 Å². The number of hydrogen-bond acceptors (Lipinski definition) is 7. The molecular formula is C26H19BrClN5O2. The highest BCUT2D eigenvalue weighted by molar-refractivity contribution is 9.10. The monoisotopic (exact) mass is 547 g/mol. The molecule has 0 spiro atoms. The predicted molar refractivity (Wildman–Crippen MR) is 142 cm³/mol. The van der Waals surface area contributed by atoms with Gasteiger partial charge in [-0.2, -0.15) is 9.97 Å². The van der Waals surface area contributed by atoms with E-state index in [-0.39, 0.29) is 0 Å². The summed E-state index contributed by atoms with van der Waals surface area (Å²) in [4.78, 5) is 18.4. The Morgan fingerprint density at radius 3 is 1.94 bits per heavy atom. The zero-order valence-electron chi connectivity index (χ0n) is 18.8. The lowest BCUT2D eigenvalue weighted by Gasteiger charge is -2.12. The molecule has 2 aromatic heterocycles. The summed E-state index contributed by atoms with van der Waals surface area (Å²) in [5.41, 5.74) is 3.32. The molecule has 7 nitrogen and oxygen atoms in total. The van der Waals surface area contributed by atoms with Gasteiger partial charge in [0.15, 0.2) is 11.6 Å². The van der Waals surface area contributed by atoms with Crippen molar-refractivity contribution in [2.24, 2.45) is 0 Å². The summed E-state index contributed by atoms with van der Waals surface area (Å²) in [6.07, 6.45) is 0. The Kier molecular flexibility index (Phi) is 6.48. The summed E-state index contributed by atoms with van der Waals surface area (Å²) in [5.74, 6) is 2.65. The fourth-order valence-electron chi connectivity index (χ4n) is 3.51. The molecule has 0 atom stereocenters. The lowest BCUT2D eigenvalue weighted by atomic mass is 10.1. The van der Waals surface area contributed by atoms with Crippen LogP contribution >= 0.6 is 27.5 Å². The number of anilines is 2. The molecule has 9 heteroatoms. The molecule has 35 heavy (non-hydrogen) atoms. The van der Waals surface area contributed by atoms with Gasteiger partial charge in [-0.1, -0.05) is 39.7 Å². The summed E-state index contributed by atoms with van der Waals surface area (Å²) in [6.45, 7) is 0. The molecule has 0 fully saturated rings. The number of fused-ring (bicyclic) bond motifs is 1. The topological polar surface area (TPSA) is 82.0 Å². The first kappa shape index (κ1) is 23.0. The van der Waals surface area contributed by atoms with Crippen LogP contribution in [0.15, 0.2) is 77.3 Å². The third-order valence-electron chi connectivity index (χ3n) is 5.26. The van der Waals surface area contributed by atoms with Crippen molar-refractivity contribution in [3.8, 4) is 34.5 Å². The number of rotatable bonds is 6. The van der Waals surface area contributed by atoms with Gasteiger partial charge in [-0.05, 0) is 54.6 Å². The van der Waals surface area contributed by atoms with Crippen LogP contribution in [-0.4, -0.2) is 34.2 Å². The molecule has 0 bridgehead atoms. The van der Waals surface area contributed by atoms with Crippen LogP contribution in [0.1, 0.15) is 0 Å². The van der Waals surface area contributed by atoms with E-state index in [2.05, 4.69) is 31.2 Å². The highest BCUT2D eigenvalue weighted by Gasteiger charge is 2.12. The second-order valence-electron chi connectivity index (χ2n) is 7.54. The smallest absolute Gasteiger partial charge is 0.220 e. The fourth-order valence-corrected chi connectivity index (χ4v) is 3.94. The van der Waals surface area contributed by atoms with E-state index in [0.29, 0.717) is 34.2 Å². The average molecular weight is 549 g/mol. The van der Waals surface area contributed by atoms with Gasteiger partial charge in [0, 0.05) is 31.7 Å². The molecule has 3 aromatic carbocycles. The number of aromatic nitrogens is 4. The van der Waals surface area contributed by atoms with Crippen molar-refractivity contribution >= 4 is 49.9 Å². The van der Waals surface area contributed by atoms with E-state index in [9.17, 15) is 0 Å². The largest absolute Gasteiger partial charge is 0.481 e. The highest BCUT2D eigenvalue weighted by atomic mass is 79.9. The van der Waals surface area contributed by atoms with Crippen LogP contribution in [0.4, 0.5) is 11.5 Å². The van der Waals surface area contributed by atoms with Crippen molar-refractivity contribution in [2.45, 2.75) is 0 Å². The molecule has 1 N–H and O–H groups in total. The maximum Gasteiger partial charge on any atom is 0.220 e.